The van der Waals surface area contributed by atoms with Gasteiger partial charge in [0.1, 0.15) is 5.75 Å². The van der Waals surface area contributed by atoms with Crippen molar-refractivity contribution in [3.63, 3.8) is 0 Å². The number of nitrogens with two attached hydrogens (primary N) is 1. The van der Waals surface area contributed by atoms with Crippen molar-refractivity contribution in [3.8, 4) is 5.75 Å². The predicted molar refractivity (Wildman–Crippen MR) is 62.0 cm³/mol. The van der Waals surface area contributed by atoms with Crippen molar-refractivity contribution in [1.29, 1.82) is 0 Å². The first kappa shape index (κ1) is 10.5. The Morgan fingerprint density at radius 2 is 2.00 bits per heavy atom. The van der Waals surface area contributed by atoms with Gasteiger partial charge in [0.25, 0.3) is 0 Å². The van der Waals surface area contributed by atoms with Crippen molar-refractivity contribution in [2.45, 2.75) is 32.2 Å². The number of hydrogen-bond donors (Lipinski definition) is 1. The minimum absolute atomic E-state index is 0.403. The van der Waals surface area contributed by atoms with E-state index in [0.29, 0.717) is 11.5 Å². The van der Waals surface area contributed by atoms with E-state index in [0.717, 1.165) is 12.2 Å². The molecule has 1 aromatic rings. The zero-order valence-electron chi connectivity index (χ0n) is 9.49. The van der Waals surface area contributed by atoms with Crippen LogP contribution in [-0.2, 0) is 6.42 Å². The zero-order valence-corrected chi connectivity index (χ0v) is 9.49. The summed E-state index contributed by atoms with van der Waals surface area (Å²) in [5.41, 5.74) is 7.66. The molecule has 2 nitrogen and oxygen atoms in total. The van der Waals surface area contributed by atoms with E-state index < -0.39 is 0 Å². The van der Waals surface area contributed by atoms with Crippen LogP contribution < -0.4 is 10.5 Å². The van der Waals surface area contributed by atoms with Crippen LogP contribution >= 0.6 is 0 Å². The molecule has 1 fully saturated rings. The molecule has 82 valence electrons. The van der Waals surface area contributed by atoms with Gasteiger partial charge in [0, 0.05) is 6.04 Å². The Morgan fingerprint density at radius 1 is 1.40 bits per heavy atom. The van der Waals surface area contributed by atoms with Crippen LogP contribution in [0.4, 0.5) is 0 Å². The summed E-state index contributed by atoms with van der Waals surface area (Å²) in [7, 11) is 1.69. The maximum absolute atomic E-state index is 5.89. The molecule has 1 aromatic carbocycles. The summed E-state index contributed by atoms with van der Waals surface area (Å²) in [5, 5.41) is 0. The van der Waals surface area contributed by atoms with E-state index in [1.165, 1.54) is 18.4 Å². The molecular weight excluding hydrogens is 186 g/mol. The molecule has 2 N–H and O–H groups in total. The van der Waals surface area contributed by atoms with Crippen LogP contribution in [0.25, 0.3) is 0 Å². The number of ether oxygens (including phenoxy) is 1. The van der Waals surface area contributed by atoms with E-state index in [1.54, 1.807) is 7.11 Å². The summed E-state index contributed by atoms with van der Waals surface area (Å²) in [4.78, 5) is 0. The summed E-state index contributed by atoms with van der Waals surface area (Å²) >= 11 is 0. The van der Waals surface area contributed by atoms with Crippen molar-refractivity contribution in [3.05, 3.63) is 29.8 Å². The number of benzene rings is 1. The first-order valence-electron chi connectivity index (χ1n) is 5.52. The molecule has 0 spiro atoms. The highest BCUT2D eigenvalue weighted by Gasteiger charge is 2.46. The summed E-state index contributed by atoms with van der Waals surface area (Å²) in [6, 6.07) is 8.73. The highest BCUT2D eigenvalue weighted by atomic mass is 16.5. The molecule has 0 heterocycles. The highest BCUT2D eigenvalue weighted by molar-refractivity contribution is 5.27. The first-order valence-corrected chi connectivity index (χ1v) is 5.52. The third-order valence-electron chi connectivity index (χ3n) is 3.57. The van der Waals surface area contributed by atoms with Crippen molar-refractivity contribution in [1.82, 2.24) is 0 Å². The lowest BCUT2D eigenvalue weighted by Gasteiger charge is -2.09. The first-order chi connectivity index (χ1) is 7.14. The number of methoxy groups -OCH3 is 1. The van der Waals surface area contributed by atoms with Gasteiger partial charge in [-0.05, 0) is 42.4 Å². The molecule has 0 amide bonds. The average Bonchev–Trinajstić information content (AvgIpc) is 2.85. The molecule has 0 aromatic heterocycles. The molecule has 2 heteroatoms. The lowest BCUT2D eigenvalue weighted by Crippen LogP contribution is -2.11. The van der Waals surface area contributed by atoms with Crippen molar-refractivity contribution in [2.75, 3.05) is 7.11 Å². The second kappa shape index (κ2) is 3.86. The fourth-order valence-corrected chi connectivity index (χ4v) is 1.95. The molecule has 0 aliphatic heterocycles. The van der Waals surface area contributed by atoms with E-state index in [1.807, 2.05) is 12.1 Å². The number of rotatable bonds is 4. The van der Waals surface area contributed by atoms with Gasteiger partial charge in [-0.1, -0.05) is 19.1 Å². The minimum atomic E-state index is 0.403. The summed E-state index contributed by atoms with van der Waals surface area (Å²) in [5.74, 6) is 0.924. The number of aryl methyl sites for hydroxylation is 1. The van der Waals surface area contributed by atoms with Crippen LogP contribution in [0.1, 0.15) is 25.3 Å². The second-order valence-electron chi connectivity index (χ2n) is 4.81. The van der Waals surface area contributed by atoms with Crippen LogP contribution in [0.5, 0.6) is 5.75 Å². The molecule has 0 radical (unpaired) electrons. The maximum atomic E-state index is 5.89. The van der Waals surface area contributed by atoms with Gasteiger partial charge in [0.2, 0.25) is 0 Å². The number of hydrogen-bond acceptors (Lipinski definition) is 2. The smallest absolute Gasteiger partial charge is 0.118 e. The fraction of sp³-hybridized carbons (Fsp3) is 0.538. The Bertz CT molecular complexity index is 333. The summed E-state index contributed by atoms with van der Waals surface area (Å²) in [6.45, 7) is 2.28. The van der Waals surface area contributed by atoms with Crippen LogP contribution in [0.15, 0.2) is 24.3 Å². The molecule has 15 heavy (non-hydrogen) atoms. The standard InChI is InChI=1S/C13H19NO/c1-13(9-12(13)14)8-7-10-3-5-11(15-2)6-4-10/h3-6,12H,7-9,14H2,1-2H3. The average molecular weight is 205 g/mol. The monoisotopic (exact) mass is 205 g/mol. The van der Waals surface area contributed by atoms with Crippen LogP contribution in [0.2, 0.25) is 0 Å². The van der Waals surface area contributed by atoms with Crippen LogP contribution in [-0.4, -0.2) is 13.2 Å². The Kier molecular flexibility index (Phi) is 2.70. The normalized spacial score (nSPS) is 28.9. The third-order valence-corrected chi connectivity index (χ3v) is 3.57. The van der Waals surface area contributed by atoms with Gasteiger partial charge in [-0.3, -0.25) is 0 Å². The fourth-order valence-electron chi connectivity index (χ4n) is 1.95. The van der Waals surface area contributed by atoms with Crippen LogP contribution in [0, 0.1) is 5.41 Å². The summed E-state index contributed by atoms with van der Waals surface area (Å²) in [6.07, 6.45) is 3.50. The predicted octanol–water partition coefficient (Wildman–Crippen LogP) is 2.37. The molecule has 2 atom stereocenters. The SMILES string of the molecule is COc1ccc(CCC2(C)CC2N)cc1. The van der Waals surface area contributed by atoms with E-state index in [-0.39, 0.29) is 0 Å². The van der Waals surface area contributed by atoms with Gasteiger partial charge in [-0.2, -0.15) is 0 Å². The minimum Gasteiger partial charge on any atom is -0.497 e. The van der Waals surface area contributed by atoms with Gasteiger partial charge >= 0.3 is 0 Å². The lowest BCUT2D eigenvalue weighted by atomic mass is 9.98. The van der Waals surface area contributed by atoms with Crippen LogP contribution in [0.3, 0.4) is 0 Å². The molecule has 1 aliphatic rings. The highest BCUT2D eigenvalue weighted by Crippen LogP contribution is 2.47. The topological polar surface area (TPSA) is 35.2 Å². The Hall–Kier alpha value is -1.02. The largest absolute Gasteiger partial charge is 0.497 e. The van der Waals surface area contributed by atoms with Crippen molar-refractivity contribution >= 4 is 0 Å². The van der Waals surface area contributed by atoms with E-state index >= 15 is 0 Å². The summed E-state index contributed by atoms with van der Waals surface area (Å²) < 4.78 is 5.12. The van der Waals surface area contributed by atoms with E-state index in [9.17, 15) is 0 Å². The van der Waals surface area contributed by atoms with Crippen molar-refractivity contribution in [2.24, 2.45) is 11.1 Å². The van der Waals surface area contributed by atoms with Crippen molar-refractivity contribution < 1.29 is 4.74 Å². The molecule has 1 saturated carbocycles. The zero-order chi connectivity index (χ0) is 10.9. The Labute approximate surface area is 91.4 Å². The Balaban J connectivity index is 1.88. The van der Waals surface area contributed by atoms with E-state index in [4.69, 9.17) is 10.5 Å². The third kappa shape index (κ3) is 2.32. The molecule has 1 aliphatic carbocycles. The lowest BCUT2D eigenvalue weighted by molar-refractivity contribution is 0.414. The molecular formula is C13H19NO. The second-order valence-corrected chi connectivity index (χ2v) is 4.81. The molecule has 2 rings (SSSR count). The molecule has 0 bridgehead atoms. The molecule has 2 unspecified atom stereocenters. The van der Waals surface area contributed by atoms with Gasteiger partial charge in [-0.15, -0.1) is 0 Å². The van der Waals surface area contributed by atoms with E-state index in [2.05, 4.69) is 19.1 Å². The Morgan fingerprint density at radius 3 is 2.47 bits per heavy atom. The maximum Gasteiger partial charge on any atom is 0.118 e. The van der Waals surface area contributed by atoms with Gasteiger partial charge in [-0.25, -0.2) is 0 Å². The molecule has 0 saturated heterocycles. The quantitative estimate of drug-likeness (QED) is 0.819. The van der Waals surface area contributed by atoms with Gasteiger partial charge in [0.05, 0.1) is 7.11 Å². The van der Waals surface area contributed by atoms with Gasteiger partial charge in [0.15, 0.2) is 0 Å². The van der Waals surface area contributed by atoms with Gasteiger partial charge < -0.3 is 10.5 Å².